The first-order chi connectivity index (χ1) is 6.11. The van der Waals surface area contributed by atoms with E-state index in [1.54, 1.807) is 0 Å². The van der Waals surface area contributed by atoms with E-state index in [1.165, 1.54) is 6.42 Å². The van der Waals surface area contributed by atoms with Gasteiger partial charge in [-0.3, -0.25) is 0 Å². The second-order valence-corrected chi connectivity index (χ2v) is 4.53. The second-order valence-electron chi connectivity index (χ2n) is 4.53. The van der Waals surface area contributed by atoms with Crippen LogP contribution >= 0.6 is 0 Å². The molecule has 2 aliphatic carbocycles. The Morgan fingerprint density at radius 1 is 1.08 bits per heavy atom. The number of hydrogen-bond acceptors (Lipinski definition) is 2. The van der Waals surface area contributed by atoms with Crippen molar-refractivity contribution in [2.45, 2.75) is 50.5 Å². The average molecular weight is 188 g/mol. The number of halogens is 1. The summed E-state index contributed by atoms with van der Waals surface area (Å²) in [7, 11) is 0. The highest BCUT2D eigenvalue weighted by molar-refractivity contribution is 4.93. The third-order valence-corrected chi connectivity index (χ3v) is 3.67. The van der Waals surface area contributed by atoms with E-state index in [4.69, 9.17) is 0 Å². The predicted molar refractivity (Wildman–Crippen MR) is 46.7 cm³/mol. The Hall–Kier alpha value is -0.150. The zero-order chi connectivity index (χ0) is 9.47. The van der Waals surface area contributed by atoms with Crippen LogP contribution in [0.15, 0.2) is 0 Å². The molecule has 2 rings (SSSR count). The lowest BCUT2D eigenvalue weighted by molar-refractivity contribution is -0.245. The molecule has 76 valence electrons. The zero-order valence-electron chi connectivity index (χ0n) is 7.75. The van der Waals surface area contributed by atoms with Crippen molar-refractivity contribution in [3.63, 3.8) is 0 Å². The van der Waals surface area contributed by atoms with Crippen LogP contribution in [0.25, 0.3) is 0 Å². The van der Waals surface area contributed by atoms with Gasteiger partial charge in [-0.15, -0.1) is 0 Å². The van der Waals surface area contributed by atoms with Crippen molar-refractivity contribution in [2.75, 3.05) is 0 Å². The van der Waals surface area contributed by atoms with Gasteiger partial charge in [0.25, 0.3) is 0 Å². The molecule has 0 unspecified atom stereocenters. The molecule has 2 N–H and O–H groups in total. The molecule has 0 aromatic heterocycles. The minimum Gasteiger partial charge on any atom is -0.363 e. The van der Waals surface area contributed by atoms with Crippen LogP contribution in [0.1, 0.15) is 38.5 Å². The van der Waals surface area contributed by atoms with Gasteiger partial charge in [-0.05, 0) is 24.7 Å². The van der Waals surface area contributed by atoms with Crippen LogP contribution in [0.5, 0.6) is 0 Å². The molecule has 0 saturated heterocycles. The molecule has 3 heteroatoms. The molecule has 0 bridgehead atoms. The molecule has 2 fully saturated rings. The zero-order valence-corrected chi connectivity index (χ0v) is 7.75. The molecule has 2 saturated carbocycles. The summed E-state index contributed by atoms with van der Waals surface area (Å²) in [6.07, 6.45) is 3.67. The molecule has 3 atom stereocenters. The highest BCUT2D eigenvalue weighted by Gasteiger charge is 2.48. The summed E-state index contributed by atoms with van der Waals surface area (Å²) in [5, 5.41) is 18.7. The van der Waals surface area contributed by atoms with Crippen LogP contribution in [0.2, 0.25) is 0 Å². The molecule has 0 amide bonds. The maximum absolute atomic E-state index is 13.6. The van der Waals surface area contributed by atoms with Gasteiger partial charge in [0.1, 0.15) is 0 Å². The fourth-order valence-electron chi connectivity index (χ4n) is 2.86. The van der Waals surface area contributed by atoms with E-state index in [-0.39, 0.29) is 12.3 Å². The Bertz CT molecular complexity index is 193. The minimum atomic E-state index is -2.04. The van der Waals surface area contributed by atoms with Crippen molar-refractivity contribution < 1.29 is 14.6 Å². The molecule has 2 aliphatic rings. The molecule has 0 spiro atoms. The topological polar surface area (TPSA) is 40.5 Å². The maximum Gasteiger partial charge on any atom is 0.195 e. The van der Waals surface area contributed by atoms with Gasteiger partial charge in [0.2, 0.25) is 0 Å². The van der Waals surface area contributed by atoms with Gasteiger partial charge in [0.05, 0.1) is 0 Å². The Morgan fingerprint density at radius 3 is 2.54 bits per heavy atom. The van der Waals surface area contributed by atoms with Gasteiger partial charge >= 0.3 is 0 Å². The van der Waals surface area contributed by atoms with Crippen LogP contribution in [0.3, 0.4) is 0 Å². The Balaban J connectivity index is 2.10. The Morgan fingerprint density at radius 2 is 1.77 bits per heavy atom. The van der Waals surface area contributed by atoms with Crippen LogP contribution in [0, 0.1) is 11.8 Å². The molecule has 0 aliphatic heterocycles. The summed E-state index contributed by atoms with van der Waals surface area (Å²) in [4.78, 5) is 0. The quantitative estimate of drug-likeness (QED) is 0.567. The van der Waals surface area contributed by atoms with Gasteiger partial charge in [0, 0.05) is 6.42 Å². The van der Waals surface area contributed by atoms with Crippen molar-refractivity contribution in [3.05, 3.63) is 0 Å². The summed E-state index contributed by atoms with van der Waals surface area (Å²) in [5.41, 5.74) is 0. The van der Waals surface area contributed by atoms with Gasteiger partial charge in [-0.25, -0.2) is 4.39 Å². The lowest BCUT2D eigenvalue weighted by Crippen LogP contribution is -2.51. The Kier molecular flexibility index (Phi) is 2.32. The average Bonchev–Trinajstić information content (AvgIpc) is 2.13. The van der Waals surface area contributed by atoms with Gasteiger partial charge < -0.3 is 10.2 Å². The lowest BCUT2D eigenvalue weighted by atomic mass is 9.68. The van der Waals surface area contributed by atoms with E-state index in [9.17, 15) is 14.6 Å². The molecule has 0 aromatic rings. The molecule has 13 heavy (non-hydrogen) atoms. The third kappa shape index (κ3) is 1.59. The van der Waals surface area contributed by atoms with Crippen LogP contribution in [0.4, 0.5) is 4.39 Å². The largest absolute Gasteiger partial charge is 0.363 e. The maximum atomic E-state index is 13.6. The van der Waals surface area contributed by atoms with E-state index in [2.05, 4.69) is 0 Å². The summed E-state index contributed by atoms with van der Waals surface area (Å²) in [5.74, 6) is -1.74. The van der Waals surface area contributed by atoms with Crippen molar-refractivity contribution in [2.24, 2.45) is 11.8 Å². The first-order valence-corrected chi connectivity index (χ1v) is 5.20. The molecular formula is C10H17FO2. The SMILES string of the molecule is OC1(O)CC[C@H]2CCCC[C@@H]2[C@@H]1F. The summed E-state index contributed by atoms with van der Waals surface area (Å²) in [6, 6.07) is 0. The first kappa shape index (κ1) is 9.41. The molecule has 0 heterocycles. The first-order valence-electron chi connectivity index (χ1n) is 5.20. The van der Waals surface area contributed by atoms with Crippen molar-refractivity contribution in [1.29, 1.82) is 0 Å². The molecule has 0 aromatic carbocycles. The predicted octanol–water partition coefficient (Wildman–Crippen LogP) is 1.61. The highest BCUT2D eigenvalue weighted by atomic mass is 19.1. The number of rotatable bonds is 0. The van der Waals surface area contributed by atoms with Crippen molar-refractivity contribution in [3.8, 4) is 0 Å². The van der Waals surface area contributed by atoms with E-state index < -0.39 is 12.0 Å². The number of alkyl halides is 1. The number of hydrogen-bond donors (Lipinski definition) is 2. The lowest BCUT2D eigenvalue weighted by Gasteiger charge is -2.43. The smallest absolute Gasteiger partial charge is 0.195 e. The van der Waals surface area contributed by atoms with E-state index in [0.717, 1.165) is 25.7 Å². The number of aliphatic hydroxyl groups is 2. The van der Waals surface area contributed by atoms with Crippen molar-refractivity contribution in [1.82, 2.24) is 0 Å². The minimum absolute atomic E-state index is 0.0995. The molecule has 0 radical (unpaired) electrons. The Labute approximate surface area is 77.8 Å². The summed E-state index contributed by atoms with van der Waals surface area (Å²) in [6.45, 7) is 0. The van der Waals surface area contributed by atoms with E-state index in [0.29, 0.717) is 5.92 Å². The fraction of sp³-hybridized carbons (Fsp3) is 1.00. The highest BCUT2D eigenvalue weighted by Crippen LogP contribution is 2.44. The standard InChI is InChI=1S/C10H17FO2/c11-9-8-4-2-1-3-7(8)5-6-10(9,12)13/h7-9,12-13H,1-6H2/t7-,8+,9+/m1/s1. The van der Waals surface area contributed by atoms with E-state index >= 15 is 0 Å². The number of fused-ring (bicyclic) bond motifs is 1. The molecule has 2 nitrogen and oxygen atoms in total. The normalized spacial score (nSPS) is 44.1. The monoisotopic (exact) mass is 188 g/mol. The van der Waals surface area contributed by atoms with E-state index in [1.807, 2.05) is 0 Å². The second kappa shape index (κ2) is 3.21. The van der Waals surface area contributed by atoms with Gasteiger partial charge in [0.15, 0.2) is 12.0 Å². The summed E-state index contributed by atoms with van der Waals surface area (Å²) < 4.78 is 13.6. The van der Waals surface area contributed by atoms with Crippen LogP contribution < -0.4 is 0 Å². The van der Waals surface area contributed by atoms with Gasteiger partial charge in [-0.1, -0.05) is 19.3 Å². The summed E-state index contributed by atoms with van der Waals surface area (Å²) >= 11 is 0. The van der Waals surface area contributed by atoms with Crippen molar-refractivity contribution >= 4 is 0 Å². The fourth-order valence-corrected chi connectivity index (χ4v) is 2.86. The van der Waals surface area contributed by atoms with Crippen LogP contribution in [-0.4, -0.2) is 22.2 Å². The van der Waals surface area contributed by atoms with Crippen LogP contribution in [-0.2, 0) is 0 Å². The molecular weight excluding hydrogens is 171 g/mol. The van der Waals surface area contributed by atoms with Gasteiger partial charge in [-0.2, -0.15) is 0 Å². The third-order valence-electron chi connectivity index (χ3n) is 3.67.